The molecule has 2 aromatic rings. The predicted molar refractivity (Wildman–Crippen MR) is 55.9 cm³/mol. The largest absolute Gasteiger partial charge is 0.263 e. The average molecular weight is 185 g/mol. The van der Waals surface area contributed by atoms with Crippen LogP contribution in [0.4, 0.5) is 0 Å². The van der Waals surface area contributed by atoms with Gasteiger partial charge in [0.25, 0.3) is 0 Å². The molecule has 1 fully saturated rings. The van der Waals surface area contributed by atoms with Crippen LogP contribution in [0.1, 0.15) is 24.4 Å². The lowest BCUT2D eigenvalue weighted by Gasteiger charge is -2.02. The fourth-order valence-electron chi connectivity index (χ4n) is 1.77. The molecular formula is C11H11N3. The molecule has 1 saturated carbocycles. The summed E-state index contributed by atoms with van der Waals surface area (Å²) in [5.74, 6) is 0. The van der Waals surface area contributed by atoms with E-state index in [-0.39, 0.29) is 0 Å². The summed E-state index contributed by atoms with van der Waals surface area (Å²) in [6.07, 6.45) is 9.92. The molecule has 70 valence electrons. The number of nitrogens with zero attached hydrogens (tertiary/aromatic N) is 3. The molecule has 14 heavy (non-hydrogen) atoms. The summed E-state index contributed by atoms with van der Waals surface area (Å²) in [5.41, 5.74) is 2.25. The fraction of sp³-hybridized carbons (Fsp3) is 0.273. The van der Waals surface area contributed by atoms with E-state index in [4.69, 9.17) is 0 Å². The molecule has 0 unspecified atom stereocenters. The monoisotopic (exact) mass is 185 g/mol. The molecule has 0 saturated heterocycles. The van der Waals surface area contributed by atoms with E-state index < -0.39 is 0 Å². The van der Waals surface area contributed by atoms with Crippen LogP contribution in [0, 0.1) is 0 Å². The summed E-state index contributed by atoms with van der Waals surface area (Å²) in [6, 6.07) is 0.605. The van der Waals surface area contributed by atoms with Gasteiger partial charge in [0.1, 0.15) is 0 Å². The van der Waals surface area contributed by atoms with Crippen LogP contribution in [-0.2, 0) is 0 Å². The molecule has 1 aliphatic carbocycles. The molecule has 0 bridgehead atoms. The predicted octanol–water partition coefficient (Wildman–Crippen LogP) is 2.41. The molecule has 0 aliphatic heterocycles. The molecule has 3 heteroatoms. The van der Waals surface area contributed by atoms with Crippen molar-refractivity contribution >= 4 is 17.0 Å². The lowest BCUT2D eigenvalue weighted by molar-refractivity contribution is 0.665. The van der Waals surface area contributed by atoms with Gasteiger partial charge >= 0.3 is 0 Å². The maximum atomic E-state index is 4.39. The summed E-state index contributed by atoms with van der Waals surface area (Å²) in [5, 5.41) is 5.50. The molecule has 0 amide bonds. The molecule has 0 spiro atoms. The summed E-state index contributed by atoms with van der Waals surface area (Å²) in [7, 11) is 0. The van der Waals surface area contributed by atoms with E-state index in [2.05, 4.69) is 21.3 Å². The topological polar surface area (TPSA) is 30.7 Å². The highest BCUT2D eigenvalue weighted by molar-refractivity contribution is 5.86. The van der Waals surface area contributed by atoms with Gasteiger partial charge in [-0.25, -0.2) is 0 Å². The van der Waals surface area contributed by atoms with Gasteiger partial charge in [0.15, 0.2) is 0 Å². The van der Waals surface area contributed by atoms with Crippen molar-refractivity contribution in [3.63, 3.8) is 0 Å². The van der Waals surface area contributed by atoms with Crippen LogP contribution >= 0.6 is 0 Å². The normalized spacial score (nSPS) is 16.0. The van der Waals surface area contributed by atoms with Gasteiger partial charge in [-0.15, -0.1) is 0 Å². The smallest absolute Gasteiger partial charge is 0.0788 e. The first-order valence-electron chi connectivity index (χ1n) is 4.84. The molecular weight excluding hydrogens is 174 g/mol. The fourth-order valence-corrected chi connectivity index (χ4v) is 1.77. The van der Waals surface area contributed by atoms with Crippen LogP contribution in [0.2, 0.25) is 0 Å². The Balaban J connectivity index is 2.34. The summed E-state index contributed by atoms with van der Waals surface area (Å²) in [4.78, 5) is 4.15. The zero-order chi connectivity index (χ0) is 9.54. The van der Waals surface area contributed by atoms with Crippen LogP contribution in [0.3, 0.4) is 0 Å². The van der Waals surface area contributed by atoms with Gasteiger partial charge in [0.2, 0.25) is 0 Å². The number of hydrogen-bond acceptors (Lipinski definition) is 2. The lowest BCUT2D eigenvalue weighted by atomic mass is 10.2. The standard InChI is InChI=1S/C11H11N3/c1-2-8-5-12-6-9-7-13-14(11(8)9)10-3-4-10/h2,5-7,10H,1,3-4H2. The molecule has 2 aromatic heterocycles. The lowest BCUT2D eigenvalue weighted by Crippen LogP contribution is -1.96. The molecule has 0 aromatic carbocycles. The third kappa shape index (κ3) is 0.985. The first-order chi connectivity index (χ1) is 6.90. The summed E-state index contributed by atoms with van der Waals surface area (Å²) in [6.45, 7) is 3.80. The van der Waals surface area contributed by atoms with E-state index in [1.165, 1.54) is 18.4 Å². The second kappa shape index (κ2) is 2.67. The minimum absolute atomic E-state index is 0.605. The van der Waals surface area contributed by atoms with Crippen molar-refractivity contribution in [2.24, 2.45) is 0 Å². The van der Waals surface area contributed by atoms with Crippen LogP contribution in [0.5, 0.6) is 0 Å². The van der Waals surface area contributed by atoms with E-state index in [1.54, 1.807) is 0 Å². The molecule has 3 nitrogen and oxygen atoms in total. The molecule has 0 radical (unpaired) electrons. The molecule has 1 aliphatic rings. The Morgan fingerprint density at radius 1 is 1.36 bits per heavy atom. The van der Waals surface area contributed by atoms with E-state index in [0.29, 0.717) is 6.04 Å². The summed E-state index contributed by atoms with van der Waals surface area (Å²) < 4.78 is 2.11. The average Bonchev–Trinajstić information content (AvgIpc) is 2.97. The van der Waals surface area contributed by atoms with Gasteiger partial charge in [0.05, 0.1) is 17.8 Å². The first-order valence-corrected chi connectivity index (χ1v) is 4.84. The van der Waals surface area contributed by atoms with E-state index in [9.17, 15) is 0 Å². The summed E-state index contributed by atoms with van der Waals surface area (Å²) >= 11 is 0. The van der Waals surface area contributed by atoms with E-state index in [0.717, 1.165) is 10.9 Å². The van der Waals surface area contributed by atoms with Gasteiger partial charge in [-0.05, 0) is 12.8 Å². The Morgan fingerprint density at radius 3 is 2.93 bits per heavy atom. The molecule has 0 atom stereocenters. The number of pyridine rings is 1. The number of hydrogen-bond donors (Lipinski definition) is 0. The molecule has 3 rings (SSSR count). The second-order valence-corrected chi connectivity index (χ2v) is 3.69. The minimum Gasteiger partial charge on any atom is -0.263 e. The molecule has 2 heterocycles. The van der Waals surface area contributed by atoms with Crippen molar-refractivity contribution in [1.29, 1.82) is 0 Å². The van der Waals surface area contributed by atoms with Crippen LogP contribution in [-0.4, -0.2) is 14.8 Å². The highest BCUT2D eigenvalue weighted by Crippen LogP contribution is 2.37. The zero-order valence-electron chi connectivity index (χ0n) is 7.85. The Kier molecular flexibility index (Phi) is 1.48. The molecule has 0 N–H and O–H groups in total. The Morgan fingerprint density at radius 2 is 2.21 bits per heavy atom. The van der Waals surface area contributed by atoms with Gasteiger partial charge in [-0.1, -0.05) is 12.7 Å². The third-order valence-corrected chi connectivity index (χ3v) is 2.64. The Hall–Kier alpha value is -1.64. The maximum Gasteiger partial charge on any atom is 0.0788 e. The Bertz CT molecular complexity index is 494. The van der Waals surface area contributed by atoms with Crippen LogP contribution in [0.25, 0.3) is 17.0 Å². The number of rotatable bonds is 2. The first kappa shape index (κ1) is 7.74. The van der Waals surface area contributed by atoms with Gasteiger partial charge in [-0.3, -0.25) is 9.67 Å². The quantitative estimate of drug-likeness (QED) is 0.719. The van der Waals surface area contributed by atoms with Crippen molar-refractivity contribution in [2.45, 2.75) is 18.9 Å². The third-order valence-electron chi connectivity index (χ3n) is 2.64. The van der Waals surface area contributed by atoms with Crippen LogP contribution in [0.15, 0.2) is 25.2 Å². The van der Waals surface area contributed by atoms with Gasteiger partial charge in [-0.2, -0.15) is 5.10 Å². The van der Waals surface area contributed by atoms with Crippen LogP contribution < -0.4 is 0 Å². The van der Waals surface area contributed by atoms with Crippen molar-refractivity contribution in [2.75, 3.05) is 0 Å². The van der Waals surface area contributed by atoms with Crippen molar-refractivity contribution in [3.05, 3.63) is 30.7 Å². The van der Waals surface area contributed by atoms with Crippen molar-refractivity contribution in [3.8, 4) is 0 Å². The van der Waals surface area contributed by atoms with Crippen molar-refractivity contribution in [1.82, 2.24) is 14.8 Å². The SMILES string of the molecule is C=Cc1cncc2cnn(C3CC3)c12. The van der Waals surface area contributed by atoms with E-state index >= 15 is 0 Å². The van der Waals surface area contributed by atoms with E-state index in [1.807, 2.05) is 24.7 Å². The van der Waals surface area contributed by atoms with Gasteiger partial charge < -0.3 is 0 Å². The zero-order valence-corrected chi connectivity index (χ0v) is 7.85. The maximum absolute atomic E-state index is 4.39. The van der Waals surface area contributed by atoms with Gasteiger partial charge in [0, 0.05) is 23.3 Å². The highest BCUT2D eigenvalue weighted by atomic mass is 15.3. The highest BCUT2D eigenvalue weighted by Gasteiger charge is 2.26. The number of aromatic nitrogens is 3. The Labute approximate surface area is 82.1 Å². The number of fused-ring (bicyclic) bond motifs is 1. The van der Waals surface area contributed by atoms with Crippen molar-refractivity contribution < 1.29 is 0 Å². The minimum atomic E-state index is 0.605. The second-order valence-electron chi connectivity index (χ2n) is 3.69.